The Morgan fingerprint density at radius 1 is 1.08 bits per heavy atom. The van der Waals surface area contributed by atoms with Gasteiger partial charge in [-0.3, -0.25) is 4.79 Å². The zero-order chi connectivity index (χ0) is 17.2. The minimum atomic E-state index is -0.0357. The lowest BCUT2D eigenvalue weighted by Gasteiger charge is -2.23. The Balaban J connectivity index is 1.45. The molecule has 2 rings (SSSR count). The first kappa shape index (κ1) is 19.0. The SMILES string of the molecule is CN(C(=O)CCCCCNC(=O)NC1CCCCC1)C1CCNC1. The Labute approximate surface area is 146 Å². The molecule has 1 heterocycles. The van der Waals surface area contributed by atoms with Crippen LogP contribution in [0.3, 0.4) is 0 Å². The third kappa shape index (κ3) is 6.67. The Morgan fingerprint density at radius 3 is 2.58 bits per heavy atom. The first-order valence-corrected chi connectivity index (χ1v) is 9.67. The van der Waals surface area contributed by atoms with E-state index in [0.29, 0.717) is 25.0 Å². The molecule has 0 bridgehead atoms. The quantitative estimate of drug-likeness (QED) is 0.593. The maximum absolute atomic E-state index is 12.1. The van der Waals surface area contributed by atoms with Gasteiger partial charge in [0.1, 0.15) is 0 Å². The average Bonchev–Trinajstić information content (AvgIpc) is 3.12. The van der Waals surface area contributed by atoms with Crippen molar-refractivity contribution in [3.05, 3.63) is 0 Å². The summed E-state index contributed by atoms with van der Waals surface area (Å²) in [5.41, 5.74) is 0. The second kappa shape index (κ2) is 10.5. The number of nitrogens with zero attached hydrogens (tertiary/aromatic N) is 1. The number of nitrogens with one attached hydrogen (secondary N) is 3. The molecule has 24 heavy (non-hydrogen) atoms. The van der Waals surface area contributed by atoms with Crippen LogP contribution in [0.15, 0.2) is 0 Å². The van der Waals surface area contributed by atoms with E-state index >= 15 is 0 Å². The van der Waals surface area contributed by atoms with E-state index in [1.54, 1.807) is 0 Å². The van der Waals surface area contributed by atoms with Gasteiger partial charge in [0.05, 0.1) is 0 Å². The summed E-state index contributed by atoms with van der Waals surface area (Å²) in [6.07, 6.45) is 10.4. The van der Waals surface area contributed by atoms with Gasteiger partial charge in [-0.05, 0) is 38.6 Å². The molecule has 1 unspecified atom stereocenters. The zero-order valence-corrected chi connectivity index (χ0v) is 15.1. The van der Waals surface area contributed by atoms with Gasteiger partial charge in [0.2, 0.25) is 5.91 Å². The van der Waals surface area contributed by atoms with E-state index in [1.165, 1.54) is 19.3 Å². The number of hydrogen-bond donors (Lipinski definition) is 3. The molecule has 1 atom stereocenters. The molecule has 1 aliphatic carbocycles. The largest absolute Gasteiger partial charge is 0.341 e. The van der Waals surface area contributed by atoms with Gasteiger partial charge in [0, 0.05) is 38.6 Å². The minimum absolute atomic E-state index is 0.0357. The zero-order valence-electron chi connectivity index (χ0n) is 15.1. The number of hydrogen-bond acceptors (Lipinski definition) is 3. The van der Waals surface area contributed by atoms with Crippen LogP contribution in [0.25, 0.3) is 0 Å². The van der Waals surface area contributed by atoms with Crippen molar-refractivity contribution in [3.63, 3.8) is 0 Å². The lowest BCUT2D eigenvalue weighted by molar-refractivity contribution is -0.131. The van der Waals surface area contributed by atoms with Crippen molar-refractivity contribution in [1.29, 1.82) is 0 Å². The molecule has 0 spiro atoms. The summed E-state index contributed by atoms with van der Waals surface area (Å²) in [5.74, 6) is 0.242. The molecular weight excluding hydrogens is 304 g/mol. The van der Waals surface area contributed by atoms with E-state index in [9.17, 15) is 9.59 Å². The summed E-state index contributed by atoms with van der Waals surface area (Å²) in [6.45, 7) is 2.62. The molecule has 6 heteroatoms. The predicted molar refractivity (Wildman–Crippen MR) is 95.9 cm³/mol. The second-order valence-corrected chi connectivity index (χ2v) is 7.20. The maximum atomic E-state index is 12.1. The monoisotopic (exact) mass is 338 g/mol. The molecule has 0 aromatic heterocycles. The van der Waals surface area contributed by atoms with Crippen LogP contribution in [0, 0.1) is 0 Å². The highest BCUT2D eigenvalue weighted by molar-refractivity contribution is 5.76. The molecule has 6 nitrogen and oxygen atoms in total. The van der Waals surface area contributed by atoms with Crippen LogP contribution in [0.2, 0.25) is 0 Å². The standard InChI is InChI=1S/C18H34N4O2/c1-22(16-11-13-19-14-16)17(23)10-6-3-7-12-20-18(24)21-15-8-4-2-5-9-15/h15-16,19H,2-14H2,1H3,(H2,20,21,24). The summed E-state index contributed by atoms with van der Waals surface area (Å²) in [7, 11) is 1.91. The van der Waals surface area contributed by atoms with E-state index in [2.05, 4.69) is 16.0 Å². The molecule has 0 aromatic rings. The number of carbonyl (C=O) groups excluding carboxylic acids is 2. The van der Waals surface area contributed by atoms with Crippen LogP contribution in [0.4, 0.5) is 4.79 Å². The lowest BCUT2D eigenvalue weighted by atomic mass is 9.96. The van der Waals surface area contributed by atoms with E-state index < -0.39 is 0 Å². The second-order valence-electron chi connectivity index (χ2n) is 7.20. The molecule has 3 N–H and O–H groups in total. The number of carbonyl (C=O) groups is 2. The van der Waals surface area contributed by atoms with Crippen molar-refractivity contribution >= 4 is 11.9 Å². The topological polar surface area (TPSA) is 73.5 Å². The molecule has 0 aromatic carbocycles. The fourth-order valence-corrected chi connectivity index (χ4v) is 3.61. The lowest BCUT2D eigenvalue weighted by Crippen LogP contribution is -2.43. The Bertz CT molecular complexity index is 390. The molecule has 3 amide bonds. The molecule has 2 fully saturated rings. The molecule has 1 aliphatic heterocycles. The van der Waals surface area contributed by atoms with Gasteiger partial charge >= 0.3 is 6.03 Å². The normalized spacial score (nSPS) is 21.5. The highest BCUT2D eigenvalue weighted by atomic mass is 16.2. The van der Waals surface area contributed by atoms with E-state index in [-0.39, 0.29) is 11.9 Å². The Kier molecular flexibility index (Phi) is 8.36. The smallest absolute Gasteiger partial charge is 0.315 e. The third-order valence-corrected chi connectivity index (χ3v) is 5.27. The molecule has 2 aliphatic rings. The van der Waals surface area contributed by atoms with Crippen LogP contribution in [0.1, 0.15) is 64.2 Å². The highest BCUT2D eigenvalue weighted by Crippen LogP contribution is 2.17. The van der Waals surface area contributed by atoms with E-state index in [4.69, 9.17) is 0 Å². The van der Waals surface area contributed by atoms with Gasteiger partial charge in [0.25, 0.3) is 0 Å². The first-order chi connectivity index (χ1) is 11.7. The van der Waals surface area contributed by atoms with Crippen molar-refractivity contribution in [3.8, 4) is 0 Å². The van der Waals surface area contributed by atoms with Crippen LogP contribution in [0.5, 0.6) is 0 Å². The van der Waals surface area contributed by atoms with Crippen molar-refractivity contribution in [1.82, 2.24) is 20.9 Å². The molecule has 0 radical (unpaired) electrons. The fraction of sp³-hybridized carbons (Fsp3) is 0.889. The number of amides is 3. The summed E-state index contributed by atoms with van der Waals surface area (Å²) in [5, 5.41) is 9.28. The number of urea groups is 1. The van der Waals surface area contributed by atoms with Gasteiger partial charge in [-0.15, -0.1) is 0 Å². The number of likely N-dealkylation sites (N-methyl/N-ethyl adjacent to an activating group) is 1. The highest BCUT2D eigenvalue weighted by Gasteiger charge is 2.22. The van der Waals surface area contributed by atoms with Gasteiger partial charge in [-0.25, -0.2) is 4.79 Å². The molecule has 1 saturated heterocycles. The summed E-state index contributed by atoms with van der Waals surface area (Å²) in [6, 6.07) is 0.686. The van der Waals surface area contributed by atoms with Crippen molar-refractivity contribution in [2.75, 3.05) is 26.7 Å². The van der Waals surface area contributed by atoms with Gasteiger partial charge < -0.3 is 20.9 Å². The molecular formula is C18H34N4O2. The number of unbranched alkanes of at least 4 members (excludes halogenated alkanes) is 2. The average molecular weight is 338 g/mol. The third-order valence-electron chi connectivity index (χ3n) is 5.27. The van der Waals surface area contributed by atoms with Crippen molar-refractivity contribution < 1.29 is 9.59 Å². The number of rotatable bonds is 8. The van der Waals surface area contributed by atoms with Crippen molar-refractivity contribution in [2.45, 2.75) is 76.3 Å². The van der Waals surface area contributed by atoms with Gasteiger partial charge in [-0.2, -0.15) is 0 Å². The van der Waals surface area contributed by atoms with Crippen LogP contribution >= 0.6 is 0 Å². The Morgan fingerprint density at radius 2 is 1.88 bits per heavy atom. The van der Waals surface area contributed by atoms with Crippen LogP contribution in [-0.4, -0.2) is 55.6 Å². The van der Waals surface area contributed by atoms with E-state index in [0.717, 1.165) is 51.6 Å². The van der Waals surface area contributed by atoms with Crippen LogP contribution < -0.4 is 16.0 Å². The van der Waals surface area contributed by atoms with E-state index in [1.807, 2.05) is 11.9 Å². The summed E-state index contributed by atoms with van der Waals surface area (Å²) >= 11 is 0. The predicted octanol–water partition coefficient (Wildman–Crippen LogP) is 2.00. The van der Waals surface area contributed by atoms with Crippen molar-refractivity contribution in [2.24, 2.45) is 0 Å². The minimum Gasteiger partial charge on any atom is -0.341 e. The van der Waals surface area contributed by atoms with Crippen LogP contribution in [-0.2, 0) is 4.79 Å². The van der Waals surface area contributed by atoms with Gasteiger partial charge in [-0.1, -0.05) is 25.7 Å². The summed E-state index contributed by atoms with van der Waals surface area (Å²) in [4.78, 5) is 25.8. The maximum Gasteiger partial charge on any atom is 0.315 e. The summed E-state index contributed by atoms with van der Waals surface area (Å²) < 4.78 is 0. The molecule has 138 valence electrons. The Hall–Kier alpha value is -1.30. The first-order valence-electron chi connectivity index (χ1n) is 9.67. The fourth-order valence-electron chi connectivity index (χ4n) is 3.61. The molecule has 1 saturated carbocycles. The van der Waals surface area contributed by atoms with Gasteiger partial charge in [0.15, 0.2) is 0 Å².